The predicted molar refractivity (Wildman–Crippen MR) is 92.0 cm³/mol. The molecule has 5 heteroatoms. The maximum absolute atomic E-state index is 12.8. The van der Waals surface area contributed by atoms with Crippen molar-refractivity contribution in [2.24, 2.45) is 0 Å². The monoisotopic (exact) mass is 339 g/mol. The summed E-state index contributed by atoms with van der Waals surface area (Å²) in [5, 5.41) is 0. The second-order valence-corrected chi connectivity index (χ2v) is 5.76. The molecule has 0 unspecified atom stereocenters. The van der Waals surface area contributed by atoms with Crippen LogP contribution in [0.4, 0.5) is 9.18 Å². The molecule has 2 aromatic rings. The highest BCUT2D eigenvalue weighted by Crippen LogP contribution is 2.28. The summed E-state index contributed by atoms with van der Waals surface area (Å²) >= 11 is 0. The SMILES string of the molecule is O=C(CC/C=C\c1ccc(F)cc1)N1C(=O)OC[C@@H]1c1ccccc1. The van der Waals surface area contributed by atoms with Crippen molar-refractivity contribution in [1.29, 1.82) is 0 Å². The number of hydrogen-bond donors (Lipinski definition) is 0. The van der Waals surface area contributed by atoms with Crippen LogP contribution in [0.1, 0.15) is 30.0 Å². The van der Waals surface area contributed by atoms with Crippen LogP contribution in [-0.4, -0.2) is 23.5 Å². The van der Waals surface area contributed by atoms with Gasteiger partial charge in [0.25, 0.3) is 0 Å². The lowest BCUT2D eigenvalue weighted by molar-refractivity contribution is -0.129. The highest BCUT2D eigenvalue weighted by Gasteiger charge is 2.38. The Bertz CT molecular complexity index is 771. The van der Waals surface area contributed by atoms with E-state index in [9.17, 15) is 14.0 Å². The minimum atomic E-state index is -0.596. The molecule has 0 aliphatic carbocycles. The Hall–Kier alpha value is -2.95. The zero-order valence-corrected chi connectivity index (χ0v) is 13.6. The Labute approximate surface area is 145 Å². The molecule has 1 heterocycles. The van der Waals surface area contributed by atoms with Gasteiger partial charge in [0.15, 0.2) is 0 Å². The molecule has 0 spiro atoms. The molecular formula is C20H18FNO3. The van der Waals surface area contributed by atoms with Gasteiger partial charge in [0.05, 0.1) is 0 Å². The number of rotatable bonds is 5. The number of amides is 2. The maximum Gasteiger partial charge on any atom is 0.417 e. The third-order valence-corrected chi connectivity index (χ3v) is 4.03. The van der Waals surface area contributed by atoms with Gasteiger partial charge < -0.3 is 4.74 Å². The van der Waals surface area contributed by atoms with Gasteiger partial charge in [-0.1, -0.05) is 54.6 Å². The van der Waals surface area contributed by atoms with E-state index in [1.807, 2.05) is 42.5 Å². The first kappa shape index (κ1) is 16.9. The van der Waals surface area contributed by atoms with E-state index in [1.165, 1.54) is 17.0 Å². The lowest BCUT2D eigenvalue weighted by Crippen LogP contribution is -2.33. The Morgan fingerprint density at radius 1 is 1.16 bits per heavy atom. The van der Waals surface area contributed by atoms with Crippen molar-refractivity contribution in [3.05, 3.63) is 77.6 Å². The van der Waals surface area contributed by atoms with Crippen LogP contribution in [0.2, 0.25) is 0 Å². The van der Waals surface area contributed by atoms with Crippen LogP contribution < -0.4 is 0 Å². The number of ether oxygens (including phenoxy) is 1. The second-order valence-electron chi connectivity index (χ2n) is 5.76. The Balaban J connectivity index is 1.59. The molecular weight excluding hydrogens is 321 g/mol. The lowest BCUT2D eigenvalue weighted by atomic mass is 10.1. The first-order valence-electron chi connectivity index (χ1n) is 8.11. The zero-order chi connectivity index (χ0) is 17.6. The van der Waals surface area contributed by atoms with Crippen molar-refractivity contribution >= 4 is 18.1 Å². The van der Waals surface area contributed by atoms with Gasteiger partial charge in [-0.2, -0.15) is 0 Å². The molecule has 1 aliphatic heterocycles. The van der Waals surface area contributed by atoms with Crippen molar-refractivity contribution in [3.8, 4) is 0 Å². The smallest absolute Gasteiger partial charge is 0.417 e. The maximum atomic E-state index is 12.8. The zero-order valence-electron chi connectivity index (χ0n) is 13.6. The fourth-order valence-electron chi connectivity index (χ4n) is 2.74. The van der Waals surface area contributed by atoms with Gasteiger partial charge in [0.1, 0.15) is 18.5 Å². The second kappa shape index (κ2) is 7.75. The van der Waals surface area contributed by atoms with E-state index in [0.29, 0.717) is 6.42 Å². The minimum absolute atomic E-state index is 0.181. The van der Waals surface area contributed by atoms with Gasteiger partial charge in [0, 0.05) is 6.42 Å². The first-order chi connectivity index (χ1) is 12.1. The average molecular weight is 339 g/mol. The van der Waals surface area contributed by atoms with Crippen LogP contribution >= 0.6 is 0 Å². The number of carbonyl (C=O) groups is 2. The molecule has 1 aliphatic rings. The van der Waals surface area contributed by atoms with Crippen molar-refractivity contribution in [2.75, 3.05) is 6.61 Å². The van der Waals surface area contributed by atoms with Crippen LogP contribution in [0, 0.1) is 5.82 Å². The summed E-state index contributed by atoms with van der Waals surface area (Å²) in [5.41, 5.74) is 1.74. The molecule has 1 atom stereocenters. The normalized spacial score (nSPS) is 17.1. The Kier molecular flexibility index (Phi) is 5.23. The van der Waals surface area contributed by atoms with Crippen LogP contribution in [0.5, 0.6) is 0 Å². The summed E-state index contributed by atoms with van der Waals surface area (Å²) in [7, 11) is 0. The van der Waals surface area contributed by atoms with Crippen LogP contribution in [0.3, 0.4) is 0 Å². The topological polar surface area (TPSA) is 46.6 Å². The summed E-state index contributed by atoms with van der Waals surface area (Å²) in [6, 6.07) is 15.1. The van der Waals surface area contributed by atoms with Crippen molar-refractivity contribution < 1.29 is 18.7 Å². The van der Waals surface area contributed by atoms with E-state index in [4.69, 9.17) is 4.74 Å². The highest BCUT2D eigenvalue weighted by atomic mass is 19.1. The molecule has 128 valence electrons. The molecule has 0 aromatic heterocycles. The van der Waals surface area contributed by atoms with Gasteiger partial charge in [0.2, 0.25) is 5.91 Å². The molecule has 2 amide bonds. The van der Waals surface area contributed by atoms with E-state index >= 15 is 0 Å². The predicted octanol–water partition coefficient (Wildman–Crippen LogP) is 4.34. The number of benzene rings is 2. The van der Waals surface area contributed by atoms with E-state index in [-0.39, 0.29) is 30.8 Å². The average Bonchev–Trinajstić information content (AvgIpc) is 3.02. The number of cyclic esters (lactones) is 1. The summed E-state index contributed by atoms with van der Waals surface area (Å²) < 4.78 is 17.9. The fraction of sp³-hybridized carbons (Fsp3) is 0.200. The minimum Gasteiger partial charge on any atom is -0.446 e. The highest BCUT2D eigenvalue weighted by molar-refractivity contribution is 5.93. The largest absolute Gasteiger partial charge is 0.446 e. The number of allylic oxidation sites excluding steroid dienone is 1. The molecule has 25 heavy (non-hydrogen) atoms. The van der Waals surface area contributed by atoms with Gasteiger partial charge >= 0.3 is 6.09 Å². The number of carbonyl (C=O) groups excluding carboxylic acids is 2. The Morgan fingerprint density at radius 2 is 1.88 bits per heavy atom. The lowest BCUT2D eigenvalue weighted by Gasteiger charge is -2.19. The molecule has 0 bridgehead atoms. The molecule has 3 rings (SSSR count). The number of nitrogens with zero attached hydrogens (tertiary/aromatic N) is 1. The van der Waals surface area contributed by atoms with Crippen LogP contribution in [0.15, 0.2) is 60.7 Å². The van der Waals surface area contributed by atoms with Crippen molar-refractivity contribution in [3.63, 3.8) is 0 Å². The third kappa shape index (κ3) is 4.12. The standard InChI is InChI=1S/C20H18FNO3/c21-17-12-10-15(11-13-17)6-4-5-9-19(23)22-18(14-25-20(22)24)16-7-2-1-3-8-16/h1-4,6-8,10-13,18H,5,9,14H2/b6-4-/t18-/m1/s1. The van der Waals surface area contributed by atoms with Crippen LogP contribution in [-0.2, 0) is 9.53 Å². The number of halogens is 1. The molecule has 4 nitrogen and oxygen atoms in total. The molecule has 0 N–H and O–H groups in total. The molecule has 1 fully saturated rings. The van der Waals surface area contributed by atoms with Crippen LogP contribution in [0.25, 0.3) is 6.08 Å². The Morgan fingerprint density at radius 3 is 2.60 bits per heavy atom. The van der Waals surface area contributed by atoms with E-state index in [2.05, 4.69) is 0 Å². The van der Waals surface area contributed by atoms with Gasteiger partial charge in [-0.3, -0.25) is 4.79 Å². The van der Waals surface area contributed by atoms with Crippen molar-refractivity contribution in [1.82, 2.24) is 4.90 Å². The summed E-state index contributed by atoms with van der Waals surface area (Å²) in [6.45, 7) is 0.181. The fourth-order valence-corrected chi connectivity index (χ4v) is 2.74. The third-order valence-electron chi connectivity index (χ3n) is 4.03. The van der Waals surface area contributed by atoms with Gasteiger partial charge in [-0.05, 0) is 29.7 Å². The van der Waals surface area contributed by atoms with E-state index in [0.717, 1.165) is 11.1 Å². The first-order valence-corrected chi connectivity index (χ1v) is 8.11. The molecule has 0 radical (unpaired) electrons. The summed E-state index contributed by atoms with van der Waals surface area (Å²) in [5.74, 6) is -0.549. The molecule has 0 saturated carbocycles. The van der Waals surface area contributed by atoms with E-state index in [1.54, 1.807) is 12.1 Å². The number of imide groups is 1. The summed E-state index contributed by atoms with van der Waals surface area (Å²) in [4.78, 5) is 25.5. The molecule has 1 saturated heterocycles. The van der Waals surface area contributed by atoms with E-state index < -0.39 is 6.09 Å². The summed E-state index contributed by atoms with van der Waals surface area (Å²) in [6.07, 6.45) is 3.76. The van der Waals surface area contributed by atoms with Crippen molar-refractivity contribution in [2.45, 2.75) is 18.9 Å². The van der Waals surface area contributed by atoms with Gasteiger partial charge in [-0.25, -0.2) is 14.1 Å². The quantitative estimate of drug-likeness (QED) is 0.814. The molecule has 2 aromatic carbocycles. The van der Waals surface area contributed by atoms with Gasteiger partial charge in [-0.15, -0.1) is 0 Å². The number of hydrogen-bond acceptors (Lipinski definition) is 3.